The lowest BCUT2D eigenvalue weighted by atomic mass is 10.1. The molecule has 0 saturated heterocycles. The van der Waals surface area contributed by atoms with Gasteiger partial charge < -0.3 is 38.1 Å². The first-order valence-corrected chi connectivity index (χ1v) is 9.76. The van der Waals surface area contributed by atoms with Gasteiger partial charge in [-0.25, -0.2) is 9.59 Å². The molecule has 0 aromatic heterocycles. The number of rotatable bonds is 12. The van der Waals surface area contributed by atoms with E-state index in [4.69, 9.17) is 33.4 Å². The van der Waals surface area contributed by atoms with Crippen LogP contribution in [0.1, 0.15) is 26.2 Å². The van der Waals surface area contributed by atoms with Crippen LogP contribution in [0.25, 0.3) is 0 Å². The first kappa shape index (κ1) is 25.1. The highest BCUT2D eigenvalue weighted by atomic mass is 32.2. The van der Waals surface area contributed by atoms with Gasteiger partial charge in [0.1, 0.15) is 24.2 Å². The van der Waals surface area contributed by atoms with Crippen molar-refractivity contribution >= 4 is 35.6 Å². The summed E-state index contributed by atoms with van der Waals surface area (Å²) in [4.78, 5) is 39.3. The van der Waals surface area contributed by atoms with Crippen molar-refractivity contribution in [3.8, 4) is 0 Å². The van der Waals surface area contributed by atoms with E-state index < -0.39 is 42.1 Å². The van der Waals surface area contributed by atoms with E-state index in [1.165, 1.54) is 18.7 Å². The van der Waals surface area contributed by atoms with Crippen LogP contribution in [-0.4, -0.2) is 66.7 Å². The second kappa shape index (κ2) is 13.3. The van der Waals surface area contributed by atoms with Crippen LogP contribution in [0, 0.1) is 0 Å². The van der Waals surface area contributed by atoms with Gasteiger partial charge in [-0.15, -0.1) is 0 Å². The zero-order chi connectivity index (χ0) is 21.0. The summed E-state index contributed by atoms with van der Waals surface area (Å²) >= 11 is 1.51. The van der Waals surface area contributed by atoms with Gasteiger partial charge in [-0.1, -0.05) is 0 Å². The molecule has 0 aliphatic heterocycles. The number of hydrogen-bond acceptors (Lipinski definition) is 10. The smallest absolute Gasteiger partial charge is 0.334 e. The molecule has 11 nitrogen and oxygen atoms in total. The molecule has 0 heterocycles. The Kier molecular flexibility index (Phi) is 12.4. The maximum Gasteiger partial charge on any atom is 0.334 e. The number of nitrogens with two attached hydrogens (primary N) is 5. The number of carbonyl (C=O) groups is 3. The van der Waals surface area contributed by atoms with Gasteiger partial charge in [-0.3, -0.25) is 9.79 Å². The number of guanidine groups is 1. The van der Waals surface area contributed by atoms with Gasteiger partial charge in [0.05, 0.1) is 0 Å². The summed E-state index contributed by atoms with van der Waals surface area (Å²) in [5.41, 5.74) is 27.4. The maximum absolute atomic E-state index is 11.9. The molecule has 0 spiro atoms. The predicted octanol–water partition coefficient (Wildman–Crippen LogP) is -2.22. The molecule has 0 aliphatic carbocycles. The van der Waals surface area contributed by atoms with Crippen LogP contribution >= 0.6 is 11.8 Å². The van der Waals surface area contributed by atoms with Crippen LogP contribution in [0.4, 0.5) is 0 Å². The highest BCUT2D eigenvalue weighted by molar-refractivity contribution is 7.98. The SMILES string of the molecule is CSCC[C@H](N)C(=O)OC(=O)[C@@H](N)[C@@H](C)OC(=O)[C@@H](N)CCCN=C(N)N. The Labute approximate surface area is 162 Å². The van der Waals surface area contributed by atoms with E-state index in [1.54, 1.807) is 0 Å². The number of esters is 3. The molecule has 0 bridgehead atoms. The molecule has 0 saturated carbocycles. The largest absolute Gasteiger partial charge is 0.459 e. The van der Waals surface area contributed by atoms with Gasteiger partial charge in [-0.2, -0.15) is 11.8 Å². The van der Waals surface area contributed by atoms with Crippen molar-refractivity contribution in [2.45, 2.75) is 50.4 Å². The van der Waals surface area contributed by atoms with E-state index in [-0.39, 0.29) is 12.4 Å². The molecular weight excluding hydrogens is 376 g/mol. The number of carbonyl (C=O) groups excluding carboxylic acids is 3. The summed E-state index contributed by atoms with van der Waals surface area (Å²) in [6.45, 7) is 1.72. The highest BCUT2D eigenvalue weighted by Crippen LogP contribution is 2.06. The zero-order valence-corrected chi connectivity index (χ0v) is 16.4. The number of thioether (sulfide) groups is 1. The summed E-state index contributed by atoms with van der Waals surface area (Å²) in [6, 6.07) is -3.20. The molecular formula is C15H30N6O5S. The van der Waals surface area contributed by atoms with Crippen molar-refractivity contribution in [2.24, 2.45) is 33.7 Å². The Bertz CT molecular complexity index is 529. The van der Waals surface area contributed by atoms with Crippen LogP contribution in [0.3, 0.4) is 0 Å². The fraction of sp³-hybridized carbons (Fsp3) is 0.733. The summed E-state index contributed by atoms with van der Waals surface area (Å²) in [7, 11) is 0. The lowest BCUT2D eigenvalue weighted by Crippen LogP contribution is -2.48. The van der Waals surface area contributed by atoms with Gasteiger partial charge in [-0.05, 0) is 38.2 Å². The molecule has 10 N–H and O–H groups in total. The standard InChI is InChI=1S/C15H30N6O5S/c1-8(25-12(22)9(16)4-3-6-21-15(19)20)11(18)14(24)26-13(23)10(17)5-7-27-2/h8-11H,3-7,16-18H2,1-2H3,(H4,19,20,21)/t8-,9+,10+,11+/m1/s1. The van der Waals surface area contributed by atoms with E-state index in [0.29, 0.717) is 25.1 Å². The number of hydrogen-bond donors (Lipinski definition) is 5. The quantitative estimate of drug-likeness (QED) is 0.0769. The molecule has 27 heavy (non-hydrogen) atoms. The topological polar surface area (TPSA) is 212 Å². The van der Waals surface area contributed by atoms with Gasteiger partial charge in [0.15, 0.2) is 5.96 Å². The van der Waals surface area contributed by atoms with Gasteiger partial charge in [0.25, 0.3) is 0 Å². The minimum absolute atomic E-state index is 0.0491. The summed E-state index contributed by atoms with van der Waals surface area (Å²) in [6.07, 6.45) is 1.94. The number of nitrogens with zero attached hydrogens (tertiary/aromatic N) is 1. The van der Waals surface area contributed by atoms with E-state index in [2.05, 4.69) is 9.73 Å². The normalized spacial score (nSPS) is 15.1. The van der Waals surface area contributed by atoms with E-state index >= 15 is 0 Å². The third-order valence-electron chi connectivity index (χ3n) is 3.49. The second-order valence-electron chi connectivity index (χ2n) is 5.85. The fourth-order valence-electron chi connectivity index (χ4n) is 1.78. The molecule has 0 amide bonds. The molecule has 0 unspecified atom stereocenters. The second-order valence-corrected chi connectivity index (χ2v) is 6.84. The molecule has 0 fully saturated rings. The number of ether oxygens (including phenoxy) is 2. The van der Waals surface area contributed by atoms with Crippen molar-refractivity contribution in [3.05, 3.63) is 0 Å². The first-order chi connectivity index (χ1) is 12.6. The third kappa shape index (κ3) is 10.8. The Hall–Kier alpha value is -1.89. The van der Waals surface area contributed by atoms with E-state index in [9.17, 15) is 14.4 Å². The fourth-order valence-corrected chi connectivity index (χ4v) is 2.27. The monoisotopic (exact) mass is 406 g/mol. The lowest BCUT2D eigenvalue weighted by molar-refractivity contribution is -0.165. The van der Waals surface area contributed by atoms with Crippen molar-refractivity contribution in [1.29, 1.82) is 0 Å². The molecule has 0 radical (unpaired) electrons. The van der Waals surface area contributed by atoms with E-state index in [1.807, 2.05) is 6.26 Å². The molecule has 156 valence electrons. The minimum Gasteiger partial charge on any atom is -0.459 e. The molecule has 4 atom stereocenters. The van der Waals surface area contributed by atoms with Gasteiger partial charge in [0.2, 0.25) is 0 Å². The summed E-state index contributed by atoms with van der Waals surface area (Å²) in [5.74, 6) is -2.04. The predicted molar refractivity (Wildman–Crippen MR) is 103 cm³/mol. The van der Waals surface area contributed by atoms with Crippen molar-refractivity contribution in [2.75, 3.05) is 18.6 Å². The highest BCUT2D eigenvalue weighted by Gasteiger charge is 2.30. The van der Waals surface area contributed by atoms with E-state index in [0.717, 1.165) is 0 Å². The zero-order valence-electron chi connectivity index (χ0n) is 15.6. The molecule has 0 aromatic rings. The van der Waals surface area contributed by atoms with Crippen LogP contribution in [0.5, 0.6) is 0 Å². The Morgan fingerprint density at radius 2 is 1.59 bits per heavy atom. The Morgan fingerprint density at radius 1 is 1.00 bits per heavy atom. The van der Waals surface area contributed by atoms with Crippen LogP contribution in [-0.2, 0) is 23.9 Å². The summed E-state index contributed by atoms with van der Waals surface area (Å²) < 4.78 is 9.70. The van der Waals surface area contributed by atoms with Crippen LogP contribution in [0.15, 0.2) is 4.99 Å². The van der Waals surface area contributed by atoms with Crippen LogP contribution < -0.4 is 28.7 Å². The Morgan fingerprint density at radius 3 is 2.15 bits per heavy atom. The molecule has 0 aliphatic rings. The Balaban J connectivity index is 4.39. The van der Waals surface area contributed by atoms with Crippen molar-refractivity contribution in [3.63, 3.8) is 0 Å². The van der Waals surface area contributed by atoms with Gasteiger partial charge >= 0.3 is 17.9 Å². The molecule has 0 aromatic carbocycles. The van der Waals surface area contributed by atoms with Crippen LogP contribution in [0.2, 0.25) is 0 Å². The first-order valence-electron chi connectivity index (χ1n) is 8.37. The minimum atomic E-state index is -1.35. The third-order valence-corrected chi connectivity index (χ3v) is 4.13. The average molecular weight is 407 g/mol. The average Bonchev–Trinajstić information content (AvgIpc) is 2.61. The van der Waals surface area contributed by atoms with Gasteiger partial charge in [0, 0.05) is 6.54 Å². The molecule has 12 heteroatoms. The molecule has 0 rings (SSSR count). The maximum atomic E-state index is 11.9. The number of aliphatic imine (C=N–C) groups is 1. The van der Waals surface area contributed by atoms with Crippen molar-refractivity contribution < 1.29 is 23.9 Å². The van der Waals surface area contributed by atoms with Crippen molar-refractivity contribution in [1.82, 2.24) is 0 Å². The summed E-state index contributed by atoms with van der Waals surface area (Å²) in [5, 5.41) is 0. The lowest BCUT2D eigenvalue weighted by Gasteiger charge is -2.21.